The van der Waals surface area contributed by atoms with E-state index in [9.17, 15) is 9.90 Å². The van der Waals surface area contributed by atoms with Crippen molar-refractivity contribution >= 4 is 40.3 Å². The maximum Gasteiger partial charge on any atom is 0.337 e. The first-order valence-corrected chi connectivity index (χ1v) is 5.92. The molecule has 0 bridgehead atoms. The van der Waals surface area contributed by atoms with Gasteiger partial charge in [-0.05, 0) is 34.1 Å². The minimum atomic E-state index is -1.04. The standard InChI is InChI=1S/C11H9BrO4S/c1-15-10(14)6-2-3-9-7(4-6)8(13)5-11(12,17)16-9/h2-5,13,17H,1H3. The normalized spacial score (nSPS) is 22.2. The van der Waals surface area contributed by atoms with Gasteiger partial charge in [0.1, 0.15) is 11.5 Å². The van der Waals surface area contributed by atoms with E-state index in [4.69, 9.17) is 4.74 Å². The number of thiol groups is 1. The van der Waals surface area contributed by atoms with Crippen molar-refractivity contribution in [1.82, 2.24) is 0 Å². The molecule has 0 spiro atoms. The van der Waals surface area contributed by atoms with Crippen LogP contribution in [0, 0.1) is 0 Å². The van der Waals surface area contributed by atoms with E-state index in [1.807, 2.05) is 0 Å². The van der Waals surface area contributed by atoms with Gasteiger partial charge in [-0.1, -0.05) is 0 Å². The van der Waals surface area contributed by atoms with E-state index in [2.05, 4.69) is 33.3 Å². The van der Waals surface area contributed by atoms with Gasteiger partial charge in [0.25, 0.3) is 0 Å². The predicted octanol–water partition coefficient (Wildman–Crippen LogP) is 2.74. The highest BCUT2D eigenvalue weighted by molar-refractivity contribution is 9.11. The Morgan fingerprint density at radius 1 is 1.59 bits per heavy atom. The fourth-order valence-electron chi connectivity index (χ4n) is 1.49. The van der Waals surface area contributed by atoms with Gasteiger partial charge in [-0.25, -0.2) is 4.79 Å². The van der Waals surface area contributed by atoms with Gasteiger partial charge >= 0.3 is 5.97 Å². The van der Waals surface area contributed by atoms with Crippen molar-refractivity contribution in [2.75, 3.05) is 7.11 Å². The number of hydrogen-bond acceptors (Lipinski definition) is 5. The van der Waals surface area contributed by atoms with Crippen LogP contribution in [0.5, 0.6) is 5.75 Å². The zero-order valence-electron chi connectivity index (χ0n) is 8.81. The van der Waals surface area contributed by atoms with Crippen LogP contribution in [-0.2, 0) is 4.74 Å². The molecule has 6 heteroatoms. The van der Waals surface area contributed by atoms with Crippen molar-refractivity contribution in [2.24, 2.45) is 0 Å². The van der Waals surface area contributed by atoms with Crippen molar-refractivity contribution < 1.29 is 19.4 Å². The number of aliphatic hydroxyl groups excluding tert-OH is 1. The maximum atomic E-state index is 11.3. The van der Waals surface area contributed by atoms with Crippen LogP contribution >= 0.6 is 28.6 Å². The maximum absolute atomic E-state index is 11.3. The molecule has 1 atom stereocenters. The van der Waals surface area contributed by atoms with Gasteiger partial charge in [0.15, 0.2) is 0 Å². The average molecular weight is 317 g/mol. The van der Waals surface area contributed by atoms with E-state index in [0.717, 1.165) is 0 Å². The molecule has 0 saturated carbocycles. The summed E-state index contributed by atoms with van der Waals surface area (Å²) in [6, 6.07) is 4.64. The summed E-state index contributed by atoms with van der Waals surface area (Å²) in [5, 5.41) is 9.83. The SMILES string of the molecule is COC(=O)c1ccc2c(c1)C(O)=CC(S)(Br)O2. The lowest BCUT2D eigenvalue weighted by Gasteiger charge is -2.26. The summed E-state index contributed by atoms with van der Waals surface area (Å²) in [6.45, 7) is 0. The Labute approximate surface area is 112 Å². The monoisotopic (exact) mass is 316 g/mol. The molecule has 90 valence electrons. The predicted molar refractivity (Wildman–Crippen MR) is 69.7 cm³/mol. The quantitative estimate of drug-likeness (QED) is 0.475. The van der Waals surface area contributed by atoms with Crippen molar-refractivity contribution in [1.29, 1.82) is 0 Å². The fraction of sp³-hybridized carbons (Fsp3) is 0.182. The molecule has 1 aromatic carbocycles. The molecule has 1 heterocycles. The van der Waals surface area contributed by atoms with Gasteiger partial charge in [0.05, 0.1) is 18.2 Å². The first-order valence-electron chi connectivity index (χ1n) is 4.68. The van der Waals surface area contributed by atoms with Crippen molar-refractivity contribution in [3.05, 3.63) is 35.4 Å². The lowest BCUT2D eigenvalue weighted by Crippen LogP contribution is -2.23. The number of fused-ring (bicyclic) bond motifs is 1. The topological polar surface area (TPSA) is 55.8 Å². The molecule has 1 aliphatic rings. The van der Waals surface area contributed by atoms with Crippen LogP contribution in [0.4, 0.5) is 0 Å². The lowest BCUT2D eigenvalue weighted by atomic mass is 10.1. The van der Waals surface area contributed by atoms with Crippen LogP contribution in [0.15, 0.2) is 24.3 Å². The molecule has 0 aromatic heterocycles. The van der Waals surface area contributed by atoms with Crippen LogP contribution in [0.2, 0.25) is 0 Å². The molecule has 1 N–H and O–H groups in total. The average Bonchev–Trinajstić information content (AvgIpc) is 2.26. The summed E-state index contributed by atoms with van der Waals surface area (Å²) in [5.41, 5.74) is 0.771. The summed E-state index contributed by atoms with van der Waals surface area (Å²) in [4.78, 5) is 11.3. The number of hydrogen-bond donors (Lipinski definition) is 2. The van der Waals surface area contributed by atoms with Gasteiger partial charge in [0, 0.05) is 6.08 Å². The Hall–Kier alpha value is -1.14. The van der Waals surface area contributed by atoms with Crippen LogP contribution < -0.4 is 4.74 Å². The zero-order valence-corrected chi connectivity index (χ0v) is 11.3. The Morgan fingerprint density at radius 3 is 2.94 bits per heavy atom. The molecule has 0 aliphatic carbocycles. The number of halogens is 1. The van der Waals surface area contributed by atoms with Gasteiger partial charge in [-0.3, -0.25) is 0 Å². The number of methoxy groups -OCH3 is 1. The summed E-state index contributed by atoms with van der Waals surface area (Å²) in [6.07, 6.45) is 1.39. The molecule has 17 heavy (non-hydrogen) atoms. The number of carbonyl (C=O) groups excluding carboxylic acids is 1. The Morgan fingerprint density at radius 2 is 2.29 bits per heavy atom. The minimum absolute atomic E-state index is 0.0103. The number of carbonyl (C=O) groups is 1. The van der Waals surface area contributed by atoms with Crippen LogP contribution in [0.25, 0.3) is 5.76 Å². The third kappa shape index (κ3) is 2.42. The second-order valence-corrected chi connectivity index (χ2v) is 5.90. The zero-order chi connectivity index (χ0) is 12.6. The third-order valence-electron chi connectivity index (χ3n) is 2.24. The van der Waals surface area contributed by atoms with Crippen molar-refractivity contribution in [2.45, 2.75) is 3.84 Å². The summed E-state index contributed by atoms with van der Waals surface area (Å²) in [5.74, 6) is -0.0458. The van der Waals surface area contributed by atoms with E-state index in [0.29, 0.717) is 16.9 Å². The first-order chi connectivity index (χ1) is 7.93. The number of benzene rings is 1. The molecular formula is C11H9BrO4S. The van der Waals surface area contributed by atoms with Gasteiger partial charge in [0.2, 0.25) is 3.84 Å². The van der Waals surface area contributed by atoms with E-state index in [-0.39, 0.29) is 5.76 Å². The molecule has 4 nitrogen and oxygen atoms in total. The number of aliphatic hydroxyl groups is 1. The second kappa shape index (κ2) is 4.27. The van der Waals surface area contributed by atoms with E-state index in [1.54, 1.807) is 12.1 Å². The van der Waals surface area contributed by atoms with Crippen molar-refractivity contribution in [3.63, 3.8) is 0 Å². The Kier molecular flexibility index (Phi) is 3.09. The second-order valence-electron chi connectivity index (χ2n) is 3.44. The smallest absolute Gasteiger partial charge is 0.337 e. The van der Waals surface area contributed by atoms with Gasteiger partial charge in [-0.15, -0.1) is 12.6 Å². The molecule has 0 radical (unpaired) electrons. The minimum Gasteiger partial charge on any atom is -0.507 e. The van der Waals surface area contributed by atoms with Crippen LogP contribution in [0.3, 0.4) is 0 Å². The summed E-state index contributed by atoms with van der Waals surface area (Å²) < 4.78 is 9.00. The molecule has 1 unspecified atom stereocenters. The highest BCUT2D eigenvalue weighted by Gasteiger charge is 2.29. The lowest BCUT2D eigenvalue weighted by molar-refractivity contribution is 0.0600. The molecule has 1 aliphatic heterocycles. The largest absolute Gasteiger partial charge is 0.507 e. The van der Waals surface area contributed by atoms with Crippen LogP contribution in [-0.4, -0.2) is 22.0 Å². The molecule has 2 rings (SSSR count). The number of ether oxygens (including phenoxy) is 2. The Bertz CT molecular complexity index is 510. The first kappa shape index (κ1) is 12.3. The highest BCUT2D eigenvalue weighted by atomic mass is 79.9. The van der Waals surface area contributed by atoms with Gasteiger partial charge in [-0.2, -0.15) is 0 Å². The van der Waals surface area contributed by atoms with Gasteiger partial charge < -0.3 is 14.6 Å². The highest BCUT2D eigenvalue weighted by Crippen LogP contribution is 2.40. The van der Waals surface area contributed by atoms with E-state index in [1.165, 1.54) is 19.3 Å². The molecule has 0 amide bonds. The van der Waals surface area contributed by atoms with E-state index < -0.39 is 9.81 Å². The molecule has 0 fully saturated rings. The fourth-order valence-corrected chi connectivity index (χ4v) is 2.11. The molecular weight excluding hydrogens is 308 g/mol. The van der Waals surface area contributed by atoms with E-state index >= 15 is 0 Å². The number of esters is 1. The summed E-state index contributed by atoms with van der Waals surface area (Å²) >= 11 is 7.33. The summed E-state index contributed by atoms with van der Waals surface area (Å²) in [7, 11) is 1.30. The van der Waals surface area contributed by atoms with Crippen molar-refractivity contribution in [3.8, 4) is 5.75 Å². The number of alkyl halides is 1. The molecule has 0 saturated heterocycles. The third-order valence-corrected chi connectivity index (χ3v) is 2.86. The van der Waals surface area contributed by atoms with Crippen LogP contribution in [0.1, 0.15) is 15.9 Å². The number of rotatable bonds is 1. The Balaban J connectivity index is 2.48. The molecule has 1 aromatic rings.